The standard InChI is InChI=1S/C20H14BrFN4OS/c1-10-18-12(11-6-7-14(22)13(21)8-11)9-17(27)24-19(18)26(25-10)20-23-15-4-2-3-5-16(15)28-20/h2-8,12H,9H2,1H3,(H,24,27). The van der Waals surface area contributed by atoms with Gasteiger partial charge in [-0.3, -0.25) is 4.79 Å². The summed E-state index contributed by atoms with van der Waals surface area (Å²) in [5.41, 5.74) is 3.53. The first-order valence-electron chi connectivity index (χ1n) is 8.71. The molecule has 1 N–H and O–H groups in total. The van der Waals surface area contributed by atoms with E-state index in [0.29, 0.717) is 15.4 Å². The van der Waals surface area contributed by atoms with Crippen molar-refractivity contribution in [2.75, 3.05) is 5.32 Å². The number of halogens is 2. The lowest BCUT2D eigenvalue weighted by atomic mass is 9.86. The van der Waals surface area contributed by atoms with Gasteiger partial charge in [-0.05, 0) is 52.7 Å². The van der Waals surface area contributed by atoms with Gasteiger partial charge in [0, 0.05) is 17.9 Å². The summed E-state index contributed by atoms with van der Waals surface area (Å²) >= 11 is 4.76. The van der Waals surface area contributed by atoms with Crippen LogP contribution in [0.5, 0.6) is 0 Å². The van der Waals surface area contributed by atoms with Crippen molar-refractivity contribution in [2.24, 2.45) is 0 Å². The summed E-state index contributed by atoms with van der Waals surface area (Å²) in [5, 5.41) is 8.33. The molecule has 0 radical (unpaired) electrons. The molecular weight excluding hydrogens is 443 g/mol. The average molecular weight is 457 g/mol. The van der Waals surface area contributed by atoms with Gasteiger partial charge in [-0.1, -0.05) is 29.5 Å². The number of hydrogen-bond acceptors (Lipinski definition) is 4. The molecule has 2 aromatic heterocycles. The van der Waals surface area contributed by atoms with Gasteiger partial charge in [-0.2, -0.15) is 9.78 Å². The van der Waals surface area contributed by atoms with Crippen LogP contribution in [0.1, 0.15) is 29.2 Å². The van der Waals surface area contributed by atoms with Gasteiger partial charge < -0.3 is 5.32 Å². The van der Waals surface area contributed by atoms with E-state index >= 15 is 0 Å². The number of benzene rings is 2. The SMILES string of the molecule is Cc1nn(-c2nc3ccccc3s2)c2c1C(c1ccc(F)c(Br)c1)CC(=O)N2. The molecule has 1 aliphatic heterocycles. The lowest BCUT2D eigenvalue weighted by molar-refractivity contribution is -0.116. The van der Waals surface area contributed by atoms with E-state index in [4.69, 9.17) is 0 Å². The van der Waals surface area contributed by atoms with Crippen molar-refractivity contribution in [2.45, 2.75) is 19.3 Å². The zero-order chi connectivity index (χ0) is 19.4. The molecule has 1 atom stereocenters. The predicted molar refractivity (Wildman–Crippen MR) is 111 cm³/mol. The molecule has 1 aliphatic rings. The smallest absolute Gasteiger partial charge is 0.226 e. The van der Waals surface area contributed by atoms with E-state index in [-0.39, 0.29) is 24.1 Å². The summed E-state index contributed by atoms with van der Waals surface area (Å²) < 4.78 is 16.8. The highest BCUT2D eigenvalue weighted by Gasteiger charge is 2.33. The van der Waals surface area contributed by atoms with Crippen LogP contribution in [0.2, 0.25) is 0 Å². The van der Waals surface area contributed by atoms with Crippen molar-refractivity contribution in [1.82, 2.24) is 14.8 Å². The Labute approximate surface area is 172 Å². The van der Waals surface area contributed by atoms with E-state index in [1.807, 2.05) is 31.2 Å². The molecule has 28 heavy (non-hydrogen) atoms. The van der Waals surface area contributed by atoms with Crippen molar-refractivity contribution < 1.29 is 9.18 Å². The summed E-state index contributed by atoms with van der Waals surface area (Å²) in [6.45, 7) is 1.92. The number of fused-ring (bicyclic) bond motifs is 2. The third kappa shape index (κ3) is 2.75. The molecular formula is C20H14BrFN4OS. The highest BCUT2D eigenvalue weighted by molar-refractivity contribution is 9.10. The molecule has 0 saturated heterocycles. The van der Waals surface area contributed by atoms with E-state index in [0.717, 1.165) is 27.0 Å². The number of aryl methyl sites for hydroxylation is 1. The van der Waals surface area contributed by atoms with E-state index in [1.54, 1.807) is 16.8 Å². The maximum atomic E-state index is 13.7. The Balaban J connectivity index is 1.68. The van der Waals surface area contributed by atoms with Crippen LogP contribution in [0.15, 0.2) is 46.9 Å². The first kappa shape index (κ1) is 17.5. The van der Waals surface area contributed by atoms with Gasteiger partial charge in [0.1, 0.15) is 11.6 Å². The molecule has 0 aliphatic carbocycles. The minimum absolute atomic E-state index is 0.0970. The van der Waals surface area contributed by atoms with Crippen molar-refractivity contribution in [3.8, 4) is 5.13 Å². The van der Waals surface area contributed by atoms with Gasteiger partial charge in [0.25, 0.3) is 0 Å². The van der Waals surface area contributed by atoms with Crippen molar-refractivity contribution in [3.05, 3.63) is 69.6 Å². The van der Waals surface area contributed by atoms with Crippen LogP contribution in [0.4, 0.5) is 10.2 Å². The van der Waals surface area contributed by atoms with E-state index < -0.39 is 0 Å². The molecule has 4 aromatic rings. The summed E-state index contributed by atoms with van der Waals surface area (Å²) in [6.07, 6.45) is 0.289. The molecule has 0 saturated carbocycles. The Morgan fingerprint density at radius 3 is 2.89 bits per heavy atom. The number of amides is 1. The fourth-order valence-corrected chi connectivity index (χ4v) is 4.97. The molecule has 8 heteroatoms. The van der Waals surface area contributed by atoms with Crippen LogP contribution in [-0.2, 0) is 4.79 Å². The minimum atomic E-state index is -0.328. The second-order valence-electron chi connectivity index (χ2n) is 6.70. The Kier molecular flexibility index (Phi) is 4.06. The lowest BCUT2D eigenvalue weighted by Crippen LogP contribution is -2.25. The summed E-state index contributed by atoms with van der Waals surface area (Å²) in [6, 6.07) is 12.8. The van der Waals surface area contributed by atoms with Gasteiger partial charge in [0.2, 0.25) is 11.0 Å². The Bertz CT molecular complexity index is 1220. The molecule has 5 rings (SSSR count). The zero-order valence-corrected chi connectivity index (χ0v) is 17.1. The maximum absolute atomic E-state index is 13.7. The normalized spacial score (nSPS) is 16.2. The van der Waals surface area contributed by atoms with Crippen LogP contribution in [0.25, 0.3) is 15.3 Å². The molecule has 3 heterocycles. The fraction of sp³-hybridized carbons (Fsp3) is 0.150. The van der Waals surface area contributed by atoms with Gasteiger partial charge in [-0.15, -0.1) is 0 Å². The number of hydrogen-bond donors (Lipinski definition) is 1. The highest BCUT2D eigenvalue weighted by Crippen LogP contribution is 2.41. The van der Waals surface area contributed by atoms with Gasteiger partial charge in [0.05, 0.1) is 20.4 Å². The Morgan fingerprint density at radius 1 is 1.29 bits per heavy atom. The zero-order valence-electron chi connectivity index (χ0n) is 14.7. The number of nitrogens with zero attached hydrogens (tertiary/aromatic N) is 3. The number of aromatic nitrogens is 3. The minimum Gasteiger partial charge on any atom is -0.310 e. The molecule has 2 aromatic carbocycles. The number of carbonyl (C=O) groups is 1. The van der Waals surface area contributed by atoms with Crippen molar-refractivity contribution in [3.63, 3.8) is 0 Å². The van der Waals surface area contributed by atoms with E-state index in [2.05, 4.69) is 31.3 Å². The number of rotatable bonds is 2. The first-order chi connectivity index (χ1) is 13.5. The van der Waals surface area contributed by atoms with Crippen LogP contribution in [0, 0.1) is 12.7 Å². The van der Waals surface area contributed by atoms with Crippen molar-refractivity contribution in [1.29, 1.82) is 0 Å². The van der Waals surface area contributed by atoms with Gasteiger partial charge in [0.15, 0.2) is 0 Å². The second-order valence-corrected chi connectivity index (χ2v) is 8.57. The summed E-state index contributed by atoms with van der Waals surface area (Å²) in [4.78, 5) is 17.1. The molecule has 0 fully saturated rings. The largest absolute Gasteiger partial charge is 0.310 e. The third-order valence-corrected chi connectivity index (χ3v) is 6.53. The monoisotopic (exact) mass is 456 g/mol. The fourth-order valence-electron chi connectivity index (χ4n) is 3.65. The van der Waals surface area contributed by atoms with Gasteiger partial charge >= 0.3 is 0 Å². The Morgan fingerprint density at radius 2 is 2.11 bits per heavy atom. The van der Waals surface area contributed by atoms with E-state index in [9.17, 15) is 9.18 Å². The van der Waals surface area contributed by atoms with Crippen molar-refractivity contribution >= 4 is 49.2 Å². The third-order valence-electron chi connectivity index (χ3n) is 4.91. The number of anilines is 1. The molecule has 5 nitrogen and oxygen atoms in total. The molecule has 0 spiro atoms. The topological polar surface area (TPSA) is 59.8 Å². The van der Waals surface area contributed by atoms with Crippen LogP contribution < -0.4 is 5.32 Å². The molecule has 140 valence electrons. The summed E-state index contributed by atoms with van der Waals surface area (Å²) in [7, 11) is 0. The summed E-state index contributed by atoms with van der Waals surface area (Å²) in [5.74, 6) is 0.0216. The molecule has 1 unspecified atom stereocenters. The number of carbonyl (C=O) groups excluding carboxylic acids is 1. The quantitative estimate of drug-likeness (QED) is 0.452. The first-order valence-corrected chi connectivity index (χ1v) is 10.3. The number of nitrogens with one attached hydrogen (secondary N) is 1. The molecule has 0 bridgehead atoms. The van der Waals surface area contributed by atoms with Gasteiger partial charge in [-0.25, -0.2) is 9.37 Å². The average Bonchev–Trinajstić information content (AvgIpc) is 3.24. The number of para-hydroxylation sites is 1. The lowest BCUT2D eigenvalue weighted by Gasteiger charge is -2.24. The van der Waals surface area contributed by atoms with E-state index in [1.165, 1.54) is 17.4 Å². The predicted octanol–water partition coefficient (Wildman–Crippen LogP) is 5.17. The highest BCUT2D eigenvalue weighted by atomic mass is 79.9. The second kappa shape index (κ2) is 6.49. The van der Waals surface area contributed by atoms with Crippen LogP contribution in [-0.4, -0.2) is 20.7 Å². The number of thiazole rings is 1. The maximum Gasteiger partial charge on any atom is 0.226 e. The van der Waals surface area contributed by atoms with Crippen LogP contribution in [0.3, 0.4) is 0 Å². The van der Waals surface area contributed by atoms with Crippen LogP contribution >= 0.6 is 27.3 Å². The molecule has 1 amide bonds. The Hall–Kier alpha value is -2.58.